The summed E-state index contributed by atoms with van der Waals surface area (Å²) in [6.07, 6.45) is 0.0466. The van der Waals surface area contributed by atoms with Crippen molar-refractivity contribution < 1.29 is 18.0 Å². The summed E-state index contributed by atoms with van der Waals surface area (Å²) in [5, 5.41) is 0. The van der Waals surface area contributed by atoms with Gasteiger partial charge >= 0.3 is 6.18 Å². The Morgan fingerprint density at radius 2 is 1.92 bits per heavy atom. The first kappa shape index (κ1) is 17.5. The van der Waals surface area contributed by atoms with Gasteiger partial charge in [0.15, 0.2) is 0 Å². The van der Waals surface area contributed by atoms with E-state index >= 15 is 0 Å². The second kappa shape index (κ2) is 6.54. The second-order valence-electron chi connectivity index (χ2n) is 6.47. The molecule has 132 valence electrons. The van der Waals surface area contributed by atoms with Gasteiger partial charge in [-0.05, 0) is 47.7 Å². The number of anilines is 1. The molecule has 24 heavy (non-hydrogen) atoms. The summed E-state index contributed by atoms with van der Waals surface area (Å²) >= 11 is 3.20. The molecule has 1 saturated carbocycles. The predicted molar refractivity (Wildman–Crippen MR) is 87.7 cm³/mol. The van der Waals surface area contributed by atoms with Crippen LogP contribution >= 0.6 is 15.9 Å². The first-order valence-electron chi connectivity index (χ1n) is 8.01. The third kappa shape index (κ3) is 3.68. The van der Waals surface area contributed by atoms with E-state index < -0.39 is 11.7 Å². The largest absolute Gasteiger partial charge is 0.417 e. The minimum atomic E-state index is -4.40. The number of rotatable bonds is 3. The van der Waals surface area contributed by atoms with Crippen molar-refractivity contribution in [3.05, 3.63) is 22.3 Å². The molecule has 0 aromatic carbocycles. The summed E-state index contributed by atoms with van der Waals surface area (Å²) in [6, 6.07) is 1.26. The van der Waals surface area contributed by atoms with Crippen molar-refractivity contribution in [2.45, 2.75) is 37.9 Å². The SMILES string of the molecule is CN(C(=O)C1CC1)C1CCN(c2ncc(C(F)(F)F)cc2Br)CC1. The van der Waals surface area contributed by atoms with Crippen LogP contribution in [0.15, 0.2) is 16.7 Å². The van der Waals surface area contributed by atoms with Gasteiger partial charge in [-0.1, -0.05) is 0 Å². The number of carbonyl (C=O) groups is 1. The molecule has 1 aromatic heterocycles. The summed E-state index contributed by atoms with van der Waals surface area (Å²) in [6.45, 7) is 1.34. The Labute approximate surface area is 147 Å². The molecule has 1 aliphatic carbocycles. The van der Waals surface area contributed by atoms with Crippen LogP contribution in [0.1, 0.15) is 31.2 Å². The van der Waals surface area contributed by atoms with Gasteiger partial charge in [0.05, 0.1) is 10.0 Å². The van der Waals surface area contributed by atoms with E-state index in [1.54, 1.807) is 0 Å². The van der Waals surface area contributed by atoms with Crippen LogP contribution in [0.2, 0.25) is 0 Å². The van der Waals surface area contributed by atoms with Crippen LogP contribution < -0.4 is 4.90 Å². The molecule has 0 bridgehead atoms. The normalized spacial score (nSPS) is 19.5. The fraction of sp³-hybridized carbons (Fsp3) is 0.625. The minimum Gasteiger partial charge on any atom is -0.356 e. The van der Waals surface area contributed by atoms with E-state index in [9.17, 15) is 18.0 Å². The summed E-state index contributed by atoms with van der Waals surface area (Å²) in [7, 11) is 1.85. The highest BCUT2D eigenvalue weighted by atomic mass is 79.9. The first-order chi connectivity index (χ1) is 11.3. The maximum atomic E-state index is 12.7. The van der Waals surface area contributed by atoms with Gasteiger partial charge in [-0.15, -0.1) is 0 Å². The van der Waals surface area contributed by atoms with E-state index in [4.69, 9.17) is 0 Å². The highest BCUT2D eigenvalue weighted by Crippen LogP contribution is 2.35. The number of piperidine rings is 1. The zero-order chi connectivity index (χ0) is 17.5. The number of nitrogens with zero attached hydrogens (tertiary/aromatic N) is 3. The molecular weight excluding hydrogens is 387 g/mol. The lowest BCUT2D eigenvalue weighted by Gasteiger charge is -2.37. The highest BCUT2D eigenvalue weighted by Gasteiger charge is 2.36. The molecule has 3 rings (SSSR count). The maximum Gasteiger partial charge on any atom is 0.417 e. The van der Waals surface area contributed by atoms with E-state index in [-0.39, 0.29) is 17.9 Å². The van der Waals surface area contributed by atoms with Crippen LogP contribution in [0, 0.1) is 5.92 Å². The lowest BCUT2D eigenvalue weighted by atomic mass is 10.0. The number of pyridine rings is 1. The van der Waals surface area contributed by atoms with Crippen LogP contribution in [0.5, 0.6) is 0 Å². The Kier molecular flexibility index (Phi) is 4.77. The van der Waals surface area contributed by atoms with Gasteiger partial charge in [-0.3, -0.25) is 4.79 Å². The number of hydrogen-bond acceptors (Lipinski definition) is 3. The van der Waals surface area contributed by atoms with E-state index in [1.807, 2.05) is 16.8 Å². The molecule has 1 amide bonds. The number of halogens is 4. The van der Waals surface area contributed by atoms with Gasteiger partial charge in [0.2, 0.25) is 5.91 Å². The molecule has 8 heteroatoms. The zero-order valence-corrected chi connectivity index (χ0v) is 14.9. The van der Waals surface area contributed by atoms with Crippen LogP contribution in [-0.2, 0) is 11.0 Å². The topological polar surface area (TPSA) is 36.4 Å². The fourth-order valence-electron chi connectivity index (χ4n) is 3.08. The summed E-state index contributed by atoms with van der Waals surface area (Å²) in [4.78, 5) is 19.9. The number of hydrogen-bond donors (Lipinski definition) is 0. The smallest absolute Gasteiger partial charge is 0.356 e. The van der Waals surface area contributed by atoms with Crippen LogP contribution in [0.4, 0.5) is 19.0 Å². The molecule has 0 unspecified atom stereocenters. The lowest BCUT2D eigenvalue weighted by Crippen LogP contribution is -2.46. The Morgan fingerprint density at radius 1 is 1.29 bits per heavy atom. The summed E-state index contributed by atoms with van der Waals surface area (Å²) < 4.78 is 38.5. The number of amides is 1. The Balaban J connectivity index is 1.63. The van der Waals surface area contributed by atoms with Crippen LogP contribution in [0.25, 0.3) is 0 Å². The number of alkyl halides is 3. The molecule has 1 aromatic rings. The van der Waals surface area contributed by atoms with Crippen molar-refractivity contribution in [2.24, 2.45) is 5.92 Å². The van der Waals surface area contributed by atoms with Gasteiger partial charge in [-0.25, -0.2) is 4.98 Å². The average molecular weight is 406 g/mol. The van der Waals surface area contributed by atoms with Gasteiger partial charge in [0.25, 0.3) is 0 Å². The Bertz CT molecular complexity index is 625. The Morgan fingerprint density at radius 3 is 2.42 bits per heavy atom. The maximum absolute atomic E-state index is 12.7. The van der Waals surface area contributed by atoms with Crippen molar-refractivity contribution in [3.63, 3.8) is 0 Å². The molecule has 4 nitrogen and oxygen atoms in total. The average Bonchev–Trinajstić information content (AvgIpc) is 3.37. The molecule has 0 radical (unpaired) electrons. The van der Waals surface area contributed by atoms with E-state index in [0.717, 1.165) is 37.9 Å². The molecular formula is C16H19BrF3N3O. The summed E-state index contributed by atoms with van der Waals surface area (Å²) in [5.74, 6) is 0.957. The third-order valence-electron chi connectivity index (χ3n) is 4.74. The van der Waals surface area contributed by atoms with E-state index in [1.165, 1.54) is 0 Å². The fourth-order valence-corrected chi connectivity index (χ4v) is 3.68. The highest BCUT2D eigenvalue weighted by molar-refractivity contribution is 9.10. The molecule has 2 heterocycles. The molecule has 2 fully saturated rings. The minimum absolute atomic E-state index is 0.197. The monoisotopic (exact) mass is 405 g/mol. The molecule has 0 N–H and O–H groups in total. The third-order valence-corrected chi connectivity index (χ3v) is 5.32. The van der Waals surface area contributed by atoms with E-state index in [2.05, 4.69) is 20.9 Å². The zero-order valence-electron chi connectivity index (χ0n) is 13.3. The van der Waals surface area contributed by atoms with Crippen molar-refractivity contribution in [1.82, 2.24) is 9.88 Å². The van der Waals surface area contributed by atoms with Gasteiger partial charge in [-0.2, -0.15) is 13.2 Å². The first-order valence-corrected chi connectivity index (χ1v) is 8.81. The lowest BCUT2D eigenvalue weighted by molar-refractivity contribution is -0.138. The van der Waals surface area contributed by atoms with Crippen molar-refractivity contribution >= 4 is 27.7 Å². The summed E-state index contributed by atoms with van der Waals surface area (Å²) in [5.41, 5.74) is -0.761. The molecule has 1 aliphatic heterocycles. The Hall–Kier alpha value is -1.31. The predicted octanol–water partition coefficient (Wildman–Crippen LogP) is 3.70. The molecule has 1 saturated heterocycles. The van der Waals surface area contributed by atoms with Crippen molar-refractivity contribution in [3.8, 4) is 0 Å². The van der Waals surface area contributed by atoms with E-state index in [0.29, 0.717) is 23.4 Å². The molecule has 2 aliphatic rings. The number of carbonyl (C=O) groups excluding carboxylic acids is 1. The van der Waals surface area contributed by atoms with Crippen molar-refractivity contribution in [2.75, 3.05) is 25.0 Å². The van der Waals surface area contributed by atoms with Crippen LogP contribution in [0.3, 0.4) is 0 Å². The quantitative estimate of drug-likeness (QED) is 0.768. The van der Waals surface area contributed by atoms with Gasteiger partial charge in [0.1, 0.15) is 5.82 Å². The second-order valence-corrected chi connectivity index (χ2v) is 7.32. The van der Waals surface area contributed by atoms with Crippen molar-refractivity contribution in [1.29, 1.82) is 0 Å². The van der Waals surface area contributed by atoms with Gasteiger partial charge in [0, 0.05) is 38.3 Å². The standard InChI is InChI=1S/C16H19BrF3N3O/c1-22(15(24)10-2-3-10)12-4-6-23(7-5-12)14-13(17)8-11(9-21-14)16(18,19)20/h8-10,12H,2-7H2,1H3. The van der Waals surface area contributed by atoms with Crippen LogP contribution in [-0.4, -0.2) is 42.0 Å². The molecule has 0 atom stereocenters. The molecule has 0 spiro atoms. The van der Waals surface area contributed by atoms with Gasteiger partial charge < -0.3 is 9.80 Å². The number of aromatic nitrogens is 1.